The van der Waals surface area contributed by atoms with E-state index in [1.807, 2.05) is 38.2 Å². The van der Waals surface area contributed by atoms with Crippen molar-refractivity contribution in [1.82, 2.24) is 4.31 Å². The zero-order valence-corrected chi connectivity index (χ0v) is 22.0. The molecule has 0 unspecified atom stereocenters. The van der Waals surface area contributed by atoms with E-state index < -0.39 is 18.9 Å². The molecular weight excluding hydrogens is 453 g/mol. The molecule has 0 fully saturated rings. The summed E-state index contributed by atoms with van der Waals surface area (Å²) in [5.41, 5.74) is 2.35. The molecule has 0 saturated heterocycles. The molecule has 0 amide bonds. The Morgan fingerprint density at radius 1 is 0.676 bits per heavy atom. The van der Waals surface area contributed by atoms with E-state index >= 15 is 0 Å². The maximum absolute atomic E-state index is 13.6. The molecule has 4 aromatic carbocycles. The fourth-order valence-electron chi connectivity index (χ4n) is 4.25. The molecule has 0 N–H and O–H groups in total. The van der Waals surface area contributed by atoms with Gasteiger partial charge in [0, 0.05) is 7.05 Å². The summed E-state index contributed by atoms with van der Waals surface area (Å²) in [5, 5.41) is 3.91. The van der Waals surface area contributed by atoms with E-state index in [1.54, 1.807) is 0 Å². The van der Waals surface area contributed by atoms with E-state index in [4.69, 9.17) is 0 Å². The molecule has 0 spiro atoms. The lowest BCUT2D eigenvalue weighted by Crippen LogP contribution is -2.39. The standard InChI is InChI=1S/C30H32NOPS/c1-30(2,3)34(32)31(4)29(24-16-8-5-9-17-24)27-22-14-15-23-28(27)33(25-18-10-6-11-19-25)26-20-12-7-13-21-26/h5-23,29H,1-4H3/t29-,34-/m0/s1. The minimum atomic E-state index is -1.18. The molecule has 174 valence electrons. The van der Waals surface area contributed by atoms with E-state index in [0.717, 1.165) is 5.56 Å². The van der Waals surface area contributed by atoms with Crippen molar-refractivity contribution in [1.29, 1.82) is 0 Å². The molecule has 4 aromatic rings. The average Bonchev–Trinajstić information content (AvgIpc) is 2.86. The predicted molar refractivity (Wildman–Crippen MR) is 149 cm³/mol. The smallest absolute Gasteiger partial charge is 0.100 e. The van der Waals surface area contributed by atoms with E-state index in [9.17, 15) is 4.21 Å². The van der Waals surface area contributed by atoms with Gasteiger partial charge in [0.25, 0.3) is 0 Å². The summed E-state index contributed by atoms with van der Waals surface area (Å²) < 4.78 is 15.3. The van der Waals surface area contributed by atoms with Crippen LogP contribution in [0.15, 0.2) is 115 Å². The van der Waals surface area contributed by atoms with Gasteiger partial charge in [-0.25, -0.2) is 8.51 Å². The first-order chi connectivity index (χ1) is 16.4. The number of rotatable bonds is 7. The van der Waals surface area contributed by atoms with Gasteiger partial charge in [0.15, 0.2) is 0 Å². The Balaban J connectivity index is 1.94. The van der Waals surface area contributed by atoms with Crippen molar-refractivity contribution in [3.63, 3.8) is 0 Å². The van der Waals surface area contributed by atoms with Gasteiger partial charge in [0.2, 0.25) is 0 Å². The lowest BCUT2D eigenvalue weighted by Gasteiger charge is -2.35. The van der Waals surface area contributed by atoms with Crippen molar-refractivity contribution in [3.05, 3.63) is 126 Å². The maximum atomic E-state index is 13.6. The van der Waals surface area contributed by atoms with Gasteiger partial charge >= 0.3 is 0 Å². The summed E-state index contributed by atoms with van der Waals surface area (Å²) in [4.78, 5) is 0. The fraction of sp³-hybridized carbons (Fsp3) is 0.200. The molecule has 0 saturated carbocycles. The van der Waals surface area contributed by atoms with Gasteiger partial charge in [-0.05, 0) is 55.7 Å². The van der Waals surface area contributed by atoms with Crippen LogP contribution in [-0.4, -0.2) is 20.3 Å². The van der Waals surface area contributed by atoms with Gasteiger partial charge in [-0.2, -0.15) is 0 Å². The van der Waals surface area contributed by atoms with Crippen LogP contribution in [0.5, 0.6) is 0 Å². The summed E-state index contributed by atoms with van der Waals surface area (Å²) in [6.07, 6.45) is 0. The highest BCUT2D eigenvalue weighted by atomic mass is 32.2. The number of hydrogen-bond donors (Lipinski definition) is 0. The molecule has 0 bridgehead atoms. The lowest BCUT2D eigenvalue weighted by molar-refractivity contribution is 0.441. The van der Waals surface area contributed by atoms with Crippen LogP contribution in [0.2, 0.25) is 0 Å². The average molecular weight is 486 g/mol. The van der Waals surface area contributed by atoms with Crippen molar-refractivity contribution < 1.29 is 4.21 Å². The van der Waals surface area contributed by atoms with Gasteiger partial charge in [0.1, 0.15) is 11.0 Å². The normalized spacial score (nSPS) is 13.7. The van der Waals surface area contributed by atoms with Gasteiger partial charge in [-0.1, -0.05) is 115 Å². The largest absolute Gasteiger partial charge is 0.242 e. The van der Waals surface area contributed by atoms with Gasteiger partial charge in [-0.15, -0.1) is 0 Å². The molecule has 0 heterocycles. The summed E-state index contributed by atoms with van der Waals surface area (Å²) in [7, 11) is 0.0188. The highest BCUT2D eigenvalue weighted by Crippen LogP contribution is 2.39. The van der Waals surface area contributed by atoms with Crippen LogP contribution >= 0.6 is 7.92 Å². The van der Waals surface area contributed by atoms with Crippen LogP contribution < -0.4 is 15.9 Å². The molecule has 0 radical (unpaired) electrons. The molecular formula is C30H32NOPS. The second kappa shape index (κ2) is 10.8. The van der Waals surface area contributed by atoms with Crippen molar-refractivity contribution in [2.45, 2.75) is 31.6 Å². The number of nitrogens with zero attached hydrogens (tertiary/aromatic N) is 1. The van der Waals surface area contributed by atoms with E-state index in [2.05, 4.69) is 109 Å². The zero-order chi connectivity index (χ0) is 24.1. The van der Waals surface area contributed by atoms with Crippen molar-refractivity contribution >= 4 is 34.8 Å². The molecule has 2 nitrogen and oxygen atoms in total. The Morgan fingerprint density at radius 3 is 1.62 bits per heavy atom. The Labute approximate surface area is 208 Å². The second-order valence-electron chi connectivity index (χ2n) is 9.29. The molecule has 34 heavy (non-hydrogen) atoms. The van der Waals surface area contributed by atoms with Crippen LogP contribution in [0, 0.1) is 0 Å². The third kappa shape index (κ3) is 5.39. The first-order valence-electron chi connectivity index (χ1n) is 11.6. The van der Waals surface area contributed by atoms with E-state index in [-0.39, 0.29) is 10.8 Å². The van der Waals surface area contributed by atoms with Crippen LogP contribution in [0.4, 0.5) is 0 Å². The molecule has 4 rings (SSSR count). The SMILES string of the molecule is CN([C@@H](c1ccccc1)c1ccccc1P(c1ccccc1)c1ccccc1)[S@@](=O)C(C)(C)C. The van der Waals surface area contributed by atoms with Gasteiger partial charge in [-0.3, -0.25) is 0 Å². The monoisotopic (exact) mass is 485 g/mol. The Hall–Kier alpha value is -2.58. The molecule has 0 aliphatic heterocycles. The van der Waals surface area contributed by atoms with Crippen molar-refractivity contribution in [2.75, 3.05) is 7.05 Å². The van der Waals surface area contributed by atoms with Crippen LogP contribution in [0.25, 0.3) is 0 Å². The molecule has 0 aliphatic rings. The second-order valence-corrected chi connectivity index (χ2v) is 13.8. The minimum Gasteiger partial charge on any atom is -0.242 e. The lowest BCUT2D eigenvalue weighted by atomic mass is 9.99. The van der Waals surface area contributed by atoms with E-state index in [0.29, 0.717) is 0 Å². The minimum absolute atomic E-state index is 0.130. The van der Waals surface area contributed by atoms with Gasteiger partial charge < -0.3 is 0 Å². The Morgan fingerprint density at radius 2 is 1.12 bits per heavy atom. The fourth-order valence-corrected chi connectivity index (χ4v) is 8.03. The van der Waals surface area contributed by atoms with Crippen LogP contribution in [0.3, 0.4) is 0 Å². The van der Waals surface area contributed by atoms with Gasteiger partial charge in [0.05, 0.1) is 10.8 Å². The molecule has 4 heteroatoms. The Kier molecular flexibility index (Phi) is 7.78. The first-order valence-corrected chi connectivity index (χ1v) is 14.0. The highest BCUT2D eigenvalue weighted by Gasteiger charge is 2.33. The van der Waals surface area contributed by atoms with Crippen molar-refractivity contribution in [2.24, 2.45) is 0 Å². The number of benzene rings is 4. The molecule has 0 aliphatic carbocycles. The molecule has 0 aromatic heterocycles. The van der Waals surface area contributed by atoms with Crippen LogP contribution in [0.1, 0.15) is 37.9 Å². The summed E-state index contributed by atoms with van der Waals surface area (Å²) in [5.74, 6) is 0. The number of hydrogen-bond acceptors (Lipinski definition) is 1. The zero-order valence-electron chi connectivity index (χ0n) is 20.3. The topological polar surface area (TPSA) is 20.3 Å². The first kappa shape index (κ1) is 24.5. The Bertz CT molecular complexity index is 1180. The van der Waals surface area contributed by atoms with Crippen molar-refractivity contribution in [3.8, 4) is 0 Å². The third-order valence-electron chi connectivity index (χ3n) is 5.77. The van der Waals surface area contributed by atoms with E-state index in [1.165, 1.54) is 21.5 Å². The summed E-state index contributed by atoms with van der Waals surface area (Å²) in [6.45, 7) is 6.11. The summed E-state index contributed by atoms with van der Waals surface area (Å²) >= 11 is 0. The third-order valence-corrected chi connectivity index (χ3v) is 10.1. The maximum Gasteiger partial charge on any atom is 0.100 e. The predicted octanol–water partition coefficient (Wildman–Crippen LogP) is 5.93. The van der Waals surface area contributed by atoms with Crippen LogP contribution in [-0.2, 0) is 11.0 Å². The molecule has 2 atom stereocenters. The highest BCUT2D eigenvalue weighted by molar-refractivity contribution is 7.84. The summed E-state index contributed by atoms with van der Waals surface area (Å²) in [6, 6.07) is 40.5. The quantitative estimate of drug-likeness (QED) is 0.297.